The molecule has 110 valence electrons. The maximum Gasteiger partial charge on any atom is 0.311 e. The lowest BCUT2D eigenvalue weighted by Crippen LogP contribution is -2.29. The van der Waals surface area contributed by atoms with E-state index in [2.05, 4.69) is 4.90 Å². The number of ether oxygens (including phenoxy) is 1. The van der Waals surface area contributed by atoms with Crippen LogP contribution in [0.4, 0.5) is 11.4 Å². The number of nitrogens with zero attached hydrogens (tertiary/aromatic N) is 2. The van der Waals surface area contributed by atoms with Crippen LogP contribution < -0.4 is 9.64 Å². The third kappa shape index (κ3) is 3.01. The Morgan fingerprint density at radius 2 is 2.35 bits per heavy atom. The fraction of sp³-hybridized carbons (Fsp3) is 0.571. The molecule has 0 spiro atoms. The molecule has 0 amide bonds. The van der Waals surface area contributed by atoms with E-state index in [1.54, 1.807) is 12.1 Å². The molecule has 1 aromatic carbocycles. The number of nitro groups is 1. The summed E-state index contributed by atoms with van der Waals surface area (Å²) in [5, 5.41) is 19.9. The minimum Gasteiger partial charge on any atom is -0.490 e. The van der Waals surface area contributed by atoms with Gasteiger partial charge in [0.05, 0.1) is 12.0 Å². The molecule has 1 aliphatic rings. The molecule has 1 fully saturated rings. The van der Waals surface area contributed by atoms with E-state index in [1.807, 2.05) is 0 Å². The summed E-state index contributed by atoms with van der Waals surface area (Å²) >= 11 is 0. The number of benzene rings is 1. The first kappa shape index (κ1) is 14.6. The van der Waals surface area contributed by atoms with Crippen molar-refractivity contribution in [2.45, 2.75) is 31.7 Å². The van der Waals surface area contributed by atoms with Gasteiger partial charge in [0.25, 0.3) is 0 Å². The first-order valence-electron chi connectivity index (χ1n) is 6.87. The highest BCUT2D eigenvalue weighted by molar-refractivity contribution is 5.60. The topological polar surface area (TPSA) is 75.8 Å². The maximum absolute atomic E-state index is 10.9. The van der Waals surface area contributed by atoms with Crippen LogP contribution in [0.1, 0.15) is 25.7 Å². The maximum atomic E-state index is 10.9. The third-order valence-corrected chi connectivity index (χ3v) is 3.76. The molecule has 2 rings (SSSR count). The van der Waals surface area contributed by atoms with Crippen molar-refractivity contribution in [2.24, 2.45) is 0 Å². The van der Waals surface area contributed by atoms with E-state index in [4.69, 9.17) is 9.84 Å². The molecule has 0 saturated carbocycles. The zero-order chi connectivity index (χ0) is 14.5. The van der Waals surface area contributed by atoms with Crippen LogP contribution in [0.25, 0.3) is 0 Å². The summed E-state index contributed by atoms with van der Waals surface area (Å²) in [5.74, 6) is 0.292. The first-order chi connectivity index (χ1) is 9.67. The Morgan fingerprint density at radius 1 is 1.55 bits per heavy atom. The van der Waals surface area contributed by atoms with Crippen LogP contribution in [-0.2, 0) is 0 Å². The Labute approximate surface area is 118 Å². The van der Waals surface area contributed by atoms with E-state index in [0.717, 1.165) is 37.9 Å². The Bertz CT molecular complexity index is 478. The van der Waals surface area contributed by atoms with Crippen molar-refractivity contribution in [3.05, 3.63) is 28.3 Å². The average Bonchev–Trinajstić information content (AvgIpc) is 2.92. The van der Waals surface area contributed by atoms with Crippen molar-refractivity contribution in [3.8, 4) is 5.75 Å². The lowest BCUT2D eigenvalue weighted by Gasteiger charge is -2.27. The second-order valence-electron chi connectivity index (χ2n) is 4.97. The van der Waals surface area contributed by atoms with Gasteiger partial charge >= 0.3 is 5.69 Å². The van der Waals surface area contributed by atoms with Crippen molar-refractivity contribution in [2.75, 3.05) is 25.2 Å². The van der Waals surface area contributed by atoms with Crippen LogP contribution in [0.3, 0.4) is 0 Å². The second kappa shape index (κ2) is 6.56. The highest BCUT2D eigenvalue weighted by Gasteiger charge is 2.26. The van der Waals surface area contributed by atoms with Gasteiger partial charge in [-0.05, 0) is 31.7 Å². The summed E-state index contributed by atoms with van der Waals surface area (Å²) in [7, 11) is 1.44. The summed E-state index contributed by atoms with van der Waals surface area (Å²) in [5.41, 5.74) is 0.940. The molecule has 0 aromatic heterocycles. The van der Waals surface area contributed by atoms with E-state index in [0.29, 0.717) is 11.8 Å². The Morgan fingerprint density at radius 3 is 3.00 bits per heavy atom. The zero-order valence-electron chi connectivity index (χ0n) is 11.6. The van der Waals surface area contributed by atoms with Crippen LogP contribution >= 0.6 is 0 Å². The van der Waals surface area contributed by atoms with Gasteiger partial charge in [-0.2, -0.15) is 0 Å². The predicted octanol–water partition coefficient (Wildman–Crippen LogP) is 2.34. The van der Waals surface area contributed by atoms with Crippen molar-refractivity contribution >= 4 is 11.4 Å². The largest absolute Gasteiger partial charge is 0.490 e. The average molecular weight is 280 g/mol. The lowest BCUT2D eigenvalue weighted by molar-refractivity contribution is -0.385. The fourth-order valence-corrected chi connectivity index (χ4v) is 2.80. The molecule has 0 aliphatic carbocycles. The fourth-order valence-electron chi connectivity index (χ4n) is 2.80. The molecule has 1 atom stereocenters. The molecule has 6 nitrogen and oxygen atoms in total. The van der Waals surface area contributed by atoms with Gasteiger partial charge in [-0.3, -0.25) is 10.1 Å². The normalized spacial score (nSPS) is 18.3. The van der Waals surface area contributed by atoms with Gasteiger partial charge < -0.3 is 14.7 Å². The summed E-state index contributed by atoms with van der Waals surface area (Å²) in [4.78, 5) is 12.7. The number of hydrogen-bond acceptors (Lipinski definition) is 5. The highest BCUT2D eigenvalue weighted by Crippen LogP contribution is 2.35. The lowest BCUT2D eigenvalue weighted by atomic mass is 10.1. The molecule has 1 aromatic rings. The minimum absolute atomic E-state index is 0.0117. The number of aliphatic hydroxyl groups is 1. The van der Waals surface area contributed by atoms with Gasteiger partial charge in [0.15, 0.2) is 5.75 Å². The van der Waals surface area contributed by atoms with Crippen molar-refractivity contribution in [3.63, 3.8) is 0 Å². The summed E-state index contributed by atoms with van der Waals surface area (Å²) in [6, 6.07) is 5.40. The van der Waals surface area contributed by atoms with E-state index in [-0.39, 0.29) is 12.3 Å². The number of aliphatic hydroxyl groups excluding tert-OH is 1. The van der Waals surface area contributed by atoms with E-state index < -0.39 is 4.92 Å². The highest BCUT2D eigenvalue weighted by atomic mass is 16.6. The van der Waals surface area contributed by atoms with Crippen LogP contribution in [0, 0.1) is 10.1 Å². The van der Waals surface area contributed by atoms with E-state index >= 15 is 0 Å². The molecule has 1 aliphatic heterocycles. The molecule has 1 N–H and O–H groups in total. The van der Waals surface area contributed by atoms with Gasteiger partial charge in [0.1, 0.15) is 0 Å². The van der Waals surface area contributed by atoms with Crippen LogP contribution in [0.15, 0.2) is 18.2 Å². The van der Waals surface area contributed by atoms with Crippen molar-refractivity contribution < 1.29 is 14.8 Å². The SMILES string of the molecule is COc1cc(N2CCCC2CCCO)ccc1[N+](=O)[O-]. The number of rotatable bonds is 6. The monoisotopic (exact) mass is 280 g/mol. The van der Waals surface area contributed by atoms with Crippen molar-refractivity contribution in [1.82, 2.24) is 0 Å². The molecular weight excluding hydrogens is 260 g/mol. The molecular formula is C14H20N2O4. The van der Waals surface area contributed by atoms with E-state index in [1.165, 1.54) is 13.2 Å². The number of hydrogen-bond donors (Lipinski definition) is 1. The van der Waals surface area contributed by atoms with Gasteiger partial charge in [-0.25, -0.2) is 0 Å². The molecule has 20 heavy (non-hydrogen) atoms. The minimum atomic E-state index is -0.435. The standard InChI is InChI=1S/C14H20N2O4/c1-20-14-10-12(6-7-13(14)16(18)19)15-8-2-4-11(15)5-3-9-17/h6-7,10-11,17H,2-5,8-9H2,1H3. The molecule has 1 heterocycles. The molecule has 0 bridgehead atoms. The Balaban J connectivity index is 2.21. The van der Waals surface area contributed by atoms with Crippen molar-refractivity contribution in [1.29, 1.82) is 0 Å². The predicted molar refractivity (Wildman–Crippen MR) is 76.3 cm³/mol. The van der Waals surface area contributed by atoms with Crippen LogP contribution in [0.5, 0.6) is 5.75 Å². The third-order valence-electron chi connectivity index (χ3n) is 3.76. The van der Waals surface area contributed by atoms with Gasteiger partial charge in [0.2, 0.25) is 0 Å². The first-order valence-corrected chi connectivity index (χ1v) is 6.87. The van der Waals surface area contributed by atoms with Gasteiger partial charge in [0, 0.05) is 37.0 Å². The number of anilines is 1. The smallest absolute Gasteiger partial charge is 0.311 e. The number of nitro benzene ring substituents is 1. The van der Waals surface area contributed by atoms with Crippen LogP contribution in [0.2, 0.25) is 0 Å². The molecule has 1 saturated heterocycles. The molecule has 1 unspecified atom stereocenters. The van der Waals surface area contributed by atoms with Crippen LogP contribution in [-0.4, -0.2) is 36.3 Å². The number of methoxy groups -OCH3 is 1. The van der Waals surface area contributed by atoms with Gasteiger partial charge in [-0.15, -0.1) is 0 Å². The van der Waals surface area contributed by atoms with Gasteiger partial charge in [-0.1, -0.05) is 0 Å². The quantitative estimate of drug-likeness (QED) is 0.639. The second-order valence-corrected chi connectivity index (χ2v) is 4.97. The Hall–Kier alpha value is -1.82. The summed E-state index contributed by atoms with van der Waals surface area (Å²) < 4.78 is 5.11. The van der Waals surface area contributed by atoms with E-state index in [9.17, 15) is 10.1 Å². The zero-order valence-corrected chi connectivity index (χ0v) is 11.6. The Kier molecular flexibility index (Phi) is 4.79. The molecule has 6 heteroatoms. The summed E-state index contributed by atoms with van der Waals surface area (Å²) in [6.07, 6.45) is 3.93. The molecule has 0 radical (unpaired) electrons. The summed E-state index contributed by atoms with van der Waals surface area (Å²) in [6.45, 7) is 1.14.